The van der Waals surface area contributed by atoms with E-state index in [1.165, 1.54) is 4.88 Å². The van der Waals surface area contributed by atoms with Crippen LogP contribution in [0.15, 0.2) is 6.20 Å². The van der Waals surface area contributed by atoms with Crippen molar-refractivity contribution < 1.29 is 4.74 Å². The average molecular weight is 183 g/mol. The highest BCUT2D eigenvalue weighted by Gasteiger charge is 2.42. The molecule has 0 radical (unpaired) electrons. The molecule has 66 valence electrons. The molecule has 0 spiro atoms. The summed E-state index contributed by atoms with van der Waals surface area (Å²) in [6.07, 6.45) is 2.22. The molecule has 1 aromatic heterocycles. The minimum Gasteiger partial charge on any atom is -0.371 e. The predicted octanol–water partition coefficient (Wildman–Crippen LogP) is 2.55. The topological polar surface area (TPSA) is 22.1 Å². The van der Waals surface area contributed by atoms with Gasteiger partial charge in [0, 0.05) is 11.6 Å². The Balaban J connectivity index is 2.21. The van der Waals surface area contributed by atoms with Crippen molar-refractivity contribution in [3.63, 3.8) is 0 Å². The van der Waals surface area contributed by atoms with E-state index in [0.29, 0.717) is 5.41 Å². The van der Waals surface area contributed by atoms with Crippen LogP contribution in [0.1, 0.15) is 29.8 Å². The minimum absolute atomic E-state index is 0.281. The number of rotatable bonds is 1. The molecule has 1 saturated heterocycles. The summed E-state index contributed by atoms with van der Waals surface area (Å²) in [4.78, 5) is 5.49. The van der Waals surface area contributed by atoms with Gasteiger partial charge in [-0.25, -0.2) is 4.98 Å². The summed E-state index contributed by atoms with van der Waals surface area (Å²) in [5.41, 5.74) is 0.305. The van der Waals surface area contributed by atoms with Crippen LogP contribution in [-0.4, -0.2) is 11.6 Å². The molecule has 1 aromatic rings. The van der Waals surface area contributed by atoms with E-state index >= 15 is 0 Å². The third-order valence-electron chi connectivity index (χ3n) is 2.23. The second-order valence-corrected chi connectivity index (χ2v) is 5.23. The van der Waals surface area contributed by atoms with Crippen molar-refractivity contribution in [3.8, 4) is 0 Å². The Morgan fingerprint density at radius 3 is 2.75 bits per heavy atom. The minimum atomic E-state index is 0.281. The number of nitrogens with zero attached hydrogens (tertiary/aromatic N) is 1. The molecule has 0 bridgehead atoms. The van der Waals surface area contributed by atoms with Gasteiger partial charge in [-0.15, -0.1) is 11.3 Å². The van der Waals surface area contributed by atoms with Gasteiger partial charge in [0.25, 0.3) is 0 Å². The van der Waals surface area contributed by atoms with Gasteiger partial charge < -0.3 is 4.74 Å². The summed E-state index contributed by atoms with van der Waals surface area (Å²) in [6, 6.07) is 0. The smallest absolute Gasteiger partial charge is 0.101 e. The molecule has 1 fully saturated rings. The van der Waals surface area contributed by atoms with Crippen LogP contribution in [0.4, 0.5) is 0 Å². The Kier molecular flexibility index (Phi) is 1.73. The number of hydrogen-bond donors (Lipinski definition) is 0. The lowest BCUT2D eigenvalue weighted by Gasteiger charge is -2.43. The number of aromatic nitrogens is 1. The normalized spacial score (nSPS) is 26.8. The Labute approximate surface area is 76.6 Å². The fourth-order valence-corrected chi connectivity index (χ4v) is 2.51. The molecule has 1 atom stereocenters. The second-order valence-electron chi connectivity index (χ2n) is 3.96. The lowest BCUT2D eigenvalue weighted by molar-refractivity contribution is -0.170. The number of hydrogen-bond acceptors (Lipinski definition) is 3. The van der Waals surface area contributed by atoms with Crippen LogP contribution < -0.4 is 0 Å². The zero-order chi connectivity index (χ0) is 8.77. The van der Waals surface area contributed by atoms with E-state index in [2.05, 4.69) is 18.8 Å². The molecule has 3 heteroatoms. The Morgan fingerprint density at radius 1 is 1.67 bits per heavy atom. The van der Waals surface area contributed by atoms with Gasteiger partial charge in [-0.2, -0.15) is 0 Å². The highest BCUT2D eigenvalue weighted by atomic mass is 32.1. The summed E-state index contributed by atoms with van der Waals surface area (Å²) < 4.78 is 5.52. The van der Waals surface area contributed by atoms with Gasteiger partial charge in [0.2, 0.25) is 0 Å². The first-order valence-electron chi connectivity index (χ1n) is 4.13. The number of ether oxygens (including phenoxy) is 1. The maximum Gasteiger partial charge on any atom is 0.101 e. The quantitative estimate of drug-likeness (QED) is 0.667. The number of thiazole rings is 1. The molecule has 1 aliphatic rings. The summed E-state index contributed by atoms with van der Waals surface area (Å²) in [7, 11) is 0. The van der Waals surface area contributed by atoms with Crippen molar-refractivity contribution in [3.05, 3.63) is 16.1 Å². The zero-order valence-corrected chi connectivity index (χ0v) is 8.44. The van der Waals surface area contributed by atoms with Crippen molar-refractivity contribution in [2.45, 2.75) is 26.9 Å². The van der Waals surface area contributed by atoms with Crippen LogP contribution >= 0.6 is 11.3 Å². The molecule has 0 amide bonds. The van der Waals surface area contributed by atoms with Crippen molar-refractivity contribution in [1.29, 1.82) is 0 Å². The molecule has 0 aromatic carbocycles. The van der Waals surface area contributed by atoms with Crippen LogP contribution in [0, 0.1) is 12.3 Å². The largest absolute Gasteiger partial charge is 0.371 e. The third-order valence-corrected chi connectivity index (χ3v) is 3.19. The molecule has 1 unspecified atom stereocenters. The zero-order valence-electron chi connectivity index (χ0n) is 7.63. The maximum absolute atomic E-state index is 5.52. The fourth-order valence-electron chi connectivity index (χ4n) is 1.47. The molecule has 0 saturated carbocycles. The second kappa shape index (κ2) is 2.54. The molecule has 2 rings (SSSR count). The lowest BCUT2D eigenvalue weighted by Crippen LogP contribution is -2.40. The van der Waals surface area contributed by atoms with E-state index in [9.17, 15) is 0 Å². The van der Waals surface area contributed by atoms with Crippen LogP contribution in [0.2, 0.25) is 0 Å². The van der Waals surface area contributed by atoms with Gasteiger partial charge in [0.05, 0.1) is 16.5 Å². The Hall–Kier alpha value is -0.410. The van der Waals surface area contributed by atoms with E-state index in [4.69, 9.17) is 4.74 Å². The number of aryl methyl sites for hydroxylation is 1. The molecule has 1 aliphatic heterocycles. The van der Waals surface area contributed by atoms with E-state index in [1.54, 1.807) is 11.3 Å². The first-order valence-corrected chi connectivity index (χ1v) is 4.95. The van der Waals surface area contributed by atoms with E-state index < -0.39 is 0 Å². The van der Waals surface area contributed by atoms with Gasteiger partial charge in [-0.3, -0.25) is 0 Å². The SMILES string of the molecule is Cc1ncc(C2OCC2(C)C)s1. The van der Waals surface area contributed by atoms with Crippen molar-refractivity contribution in [2.24, 2.45) is 5.41 Å². The van der Waals surface area contributed by atoms with Crippen LogP contribution in [-0.2, 0) is 4.74 Å². The summed E-state index contributed by atoms with van der Waals surface area (Å²) in [6.45, 7) is 7.36. The Bertz CT molecular complexity index is 292. The van der Waals surface area contributed by atoms with Gasteiger partial charge >= 0.3 is 0 Å². The molecule has 0 aliphatic carbocycles. The molecule has 2 heterocycles. The maximum atomic E-state index is 5.52. The Morgan fingerprint density at radius 2 is 2.42 bits per heavy atom. The molecular weight excluding hydrogens is 170 g/mol. The van der Waals surface area contributed by atoms with Crippen LogP contribution in [0.5, 0.6) is 0 Å². The standard InChI is InChI=1S/C9H13NOS/c1-6-10-4-7(12-6)8-9(2,3)5-11-8/h4,8H,5H2,1-3H3. The highest BCUT2D eigenvalue weighted by molar-refractivity contribution is 7.11. The summed E-state index contributed by atoms with van der Waals surface area (Å²) in [5, 5.41) is 1.12. The lowest BCUT2D eigenvalue weighted by atomic mass is 9.82. The van der Waals surface area contributed by atoms with Gasteiger partial charge in [0.1, 0.15) is 6.10 Å². The average Bonchev–Trinajstić information content (AvgIpc) is 2.34. The van der Waals surface area contributed by atoms with Crippen molar-refractivity contribution >= 4 is 11.3 Å². The fraction of sp³-hybridized carbons (Fsp3) is 0.667. The molecule has 0 N–H and O–H groups in total. The van der Waals surface area contributed by atoms with Crippen LogP contribution in [0.25, 0.3) is 0 Å². The summed E-state index contributed by atoms with van der Waals surface area (Å²) >= 11 is 1.74. The van der Waals surface area contributed by atoms with Gasteiger partial charge in [-0.05, 0) is 6.92 Å². The van der Waals surface area contributed by atoms with E-state index in [0.717, 1.165) is 11.6 Å². The predicted molar refractivity (Wildman–Crippen MR) is 49.3 cm³/mol. The summed E-state index contributed by atoms with van der Waals surface area (Å²) in [5.74, 6) is 0. The van der Waals surface area contributed by atoms with E-state index in [-0.39, 0.29) is 6.10 Å². The third kappa shape index (κ3) is 1.17. The highest BCUT2D eigenvalue weighted by Crippen LogP contribution is 2.46. The van der Waals surface area contributed by atoms with Gasteiger partial charge in [-0.1, -0.05) is 13.8 Å². The first-order chi connectivity index (χ1) is 5.59. The van der Waals surface area contributed by atoms with E-state index in [1.807, 2.05) is 13.1 Å². The molecule has 2 nitrogen and oxygen atoms in total. The van der Waals surface area contributed by atoms with Gasteiger partial charge in [0.15, 0.2) is 0 Å². The van der Waals surface area contributed by atoms with Crippen LogP contribution in [0.3, 0.4) is 0 Å². The monoisotopic (exact) mass is 183 g/mol. The molecular formula is C9H13NOS. The van der Waals surface area contributed by atoms with Crippen molar-refractivity contribution in [2.75, 3.05) is 6.61 Å². The van der Waals surface area contributed by atoms with Crippen molar-refractivity contribution in [1.82, 2.24) is 4.98 Å². The molecule has 12 heavy (non-hydrogen) atoms. The first kappa shape index (κ1) is 8.20.